The van der Waals surface area contributed by atoms with Crippen molar-refractivity contribution in [1.82, 2.24) is 14.7 Å². The molecule has 0 radical (unpaired) electrons. The van der Waals surface area contributed by atoms with E-state index in [1.165, 1.54) is 42.5 Å². The molecule has 2 rings (SSSR count). The first-order valence-electron chi connectivity index (χ1n) is 6.52. The molecule has 1 aromatic rings. The van der Waals surface area contributed by atoms with E-state index in [0.717, 1.165) is 18.2 Å². The van der Waals surface area contributed by atoms with E-state index in [9.17, 15) is 0 Å². The van der Waals surface area contributed by atoms with Crippen LogP contribution in [0.5, 0.6) is 0 Å². The van der Waals surface area contributed by atoms with Gasteiger partial charge in [0.2, 0.25) is 0 Å². The molecule has 1 aromatic heterocycles. The van der Waals surface area contributed by atoms with Gasteiger partial charge in [-0.15, -0.1) is 0 Å². The molecule has 0 atom stereocenters. The van der Waals surface area contributed by atoms with Crippen LogP contribution in [0.4, 0.5) is 0 Å². The minimum atomic E-state index is 0.947. The number of nitrogens with zero attached hydrogens (tertiary/aromatic N) is 3. The number of halogens is 1. The van der Waals surface area contributed by atoms with Gasteiger partial charge in [-0.25, -0.2) is 0 Å². The number of rotatable bonds is 3. The fraction of sp³-hybridized carbons (Fsp3) is 0.769. The van der Waals surface area contributed by atoms with Crippen molar-refractivity contribution < 1.29 is 0 Å². The lowest BCUT2D eigenvalue weighted by Gasteiger charge is -2.31. The predicted molar refractivity (Wildman–Crippen MR) is 73.9 cm³/mol. The van der Waals surface area contributed by atoms with Gasteiger partial charge in [-0.3, -0.25) is 9.58 Å². The molecule has 1 aliphatic rings. The van der Waals surface area contributed by atoms with Crippen molar-refractivity contribution in [1.29, 1.82) is 0 Å². The highest BCUT2D eigenvalue weighted by atomic mass is 79.9. The maximum Gasteiger partial charge on any atom is 0.0739 e. The molecular weight excluding hydrogens is 278 g/mol. The van der Waals surface area contributed by atoms with Crippen LogP contribution in [0.3, 0.4) is 0 Å². The molecule has 0 N–H and O–H groups in total. The summed E-state index contributed by atoms with van der Waals surface area (Å²) in [5.41, 5.74) is 2.39. The molecule has 0 bridgehead atoms. The first kappa shape index (κ1) is 13.1. The summed E-state index contributed by atoms with van der Waals surface area (Å²) in [6.07, 6.45) is 4.04. The fourth-order valence-electron chi connectivity index (χ4n) is 2.62. The van der Waals surface area contributed by atoms with Crippen molar-refractivity contribution in [3.05, 3.63) is 15.9 Å². The molecular formula is C13H22BrN3. The molecule has 0 amide bonds. The van der Waals surface area contributed by atoms with E-state index in [4.69, 9.17) is 0 Å². The van der Waals surface area contributed by atoms with Crippen molar-refractivity contribution in [2.24, 2.45) is 13.0 Å². The van der Waals surface area contributed by atoms with E-state index in [-0.39, 0.29) is 0 Å². The summed E-state index contributed by atoms with van der Waals surface area (Å²) in [6, 6.07) is 0. The summed E-state index contributed by atoms with van der Waals surface area (Å²) in [6.45, 7) is 7.84. The Morgan fingerprint density at radius 3 is 2.47 bits per heavy atom. The van der Waals surface area contributed by atoms with Crippen LogP contribution in [0.1, 0.15) is 37.6 Å². The first-order chi connectivity index (χ1) is 8.11. The Kier molecular flexibility index (Phi) is 4.26. The smallest absolute Gasteiger partial charge is 0.0739 e. The molecule has 2 heterocycles. The zero-order valence-corrected chi connectivity index (χ0v) is 12.6. The summed E-state index contributed by atoms with van der Waals surface area (Å²) >= 11 is 3.64. The SMILES string of the molecule is CCC1CCN(Cc2c(Br)c(C)nn2C)CC1. The Morgan fingerprint density at radius 2 is 2.00 bits per heavy atom. The molecule has 96 valence electrons. The normalized spacial score (nSPS) is 18.8. The van der Waals surface area contributed by atoms with Crippen molar-refractivity contribution in [2.75, 3.05) is 13.1 Å². The van der Waals surface area contributed by atoms with Crippen LogP contribution in [-0.2, 0) is 13.6 Å². The third kappa shape index (κ3) is 2.91. The van der Waals surface area contributed by atoms with Gasteiger partial charge in [-0.1, -0.05) is 13.3 Å². The zero-order chi connectivity index (χ0) is 12.4. The Balaban J connectivity index is 1.98. The third-order valence-electron chi connectivity index (χ3n) is 3.92. The number of piperidine rings is 1. The summed E-state index contributed by atoms with van der Waals surface area (Å²) in [4.78, 5) is 2.55. The van der Waals surface area contributed by atoms with Gasteiger partial charge in [0, 0.05) is 13.6 Å². The highest BCUT2D eigenvalue weighted by Gasteiger charge is 2.20. The number of likely N-dealkylation sites (tertiary alicyclic amines) is 1. The van der Waals surface area contributed by atoms with Gasteiger partial charge in [0.1, 0.15) is 0 Å². The van der Waals surface area contributed by atoms with E-state index >= 15 is 0 Å². The van der Waals surface area contributed by atoms with Crippen molar-refractivity contribution in [3.8, 4) is 0 Å². The monoisotopic (exact) mass is 299 g/mol. The standard InChI is InChI=1S/C13H22BrN3/c1-4-11-5-7-17(8-6-11)9-12-13(14)10(2)15-16(12)3/h11H,4-9H2,1-3H3. The first-order valence-corrected chi connectivity index (χ1v) is 7.31. The largest absolute Gasteiger partial charge is 0.297 e. The molecule has 1 aliphatic heterocycles. The van der Waals surface area contributed by atoms with E-state index < -0.39 is 0 Å². The molecule has 0 aromatic carbocycles. The highest BCUT2D eigenvalue weighted by Crippen LogP contribution is 2.25. The van der Waals surface area contributed by atoms with E-state index in [1.54, 1.807) is 0 Å². The van der Waals surface area contributed by atoms with Gasteiger partial charge in [-0.05, 0) is 54.7 Å². The quantitative estimate of drug-likeness (QED) is 0.855. The maximum atomic E-state index is 4.45. The number of aromatic nitrogens is 2. The predicted octanol–water partition coefficient (Wildman–Crippen LogP) is 3.11. The minimum Gasteiger partial charge on any atom is -0.297 e. The lowest BCUT2D eigenvalue weighted by atomic mass is 9.94. The summed E-state index contributed by atoms with van der Waals surface area (Å²) in [5.74, 6) is 0.947. The molecule has 1 fully saturated rings. The second-order valence-electron chi connectivity index (χ2n) is 5.10. The zero-order valence-electron chi connectivity index (χ0n) is 11.0. The van der Waals surface area contributed by atoms with Crippen LogP contribution < -0.4 is 0 Å². The average molecular weight is 300 g/mol. The molecule has 0 unspecified atom stereocenters. The second kappa shape index (κ2) is 5.53. The number of hydrogen-bond donors (Lipinski definition) is 0. The van der Waals surface area contributed by atoms with Crippen LogP contribution in [0, 0.1) is 12.8 Å². The molecule has 3 nitrogen and oxygen atoms in total. The summed E-state index contributed by atoms with van der Waals surface area (Å²) in [5, 5.41) is 4.45. The molecule has 0 aliphatic carbocycles. The Hall–Kier alpha value is -0.350. The number of aryl methyl sites for hydroxylation is 2. The Bertz CT molecular complexity index is 378. The van der Waals surface area contributed by atoms with Gasteiger partial charge >= 0.3 is 0 Å². The van der Waals surface area contributed by atoms with Crippen LogP contribution in [0.15, 0.2) is 4.47 Å². The van der Waals surface area contributed by atoms with Crippen LogP contribution in [-0.4, -0.2) is 27.8 Å². The van der Waals surface area contributed by atoms with Crippen molar-refractivity contribution in [2.45, 2.75) is 39.7 Å². The van der Waals surface area contributed by atoms with Crippen molar-refractivity contribution >= 4 is 15.9 Å². The molecule has 4 heteroatoms. The van der Waals surface area contributed by atoms with E-state index in [1.807, 2.05) is 11.7 Å². The molecule has 0 spiro atoms. The van der Waals surface area contributed by atoms with Crippen molar-refractivity contribution in [3.63, 3.8) is 0 Å². The third-order valence-corrected chi connectivity index (χ3v) is 4.95. The number of hydrogen-bond acceptors (Lipinski definition) is 2. The lowest BCUT2D eigenvalue weighted by molar-refractivity contribution is 0.171. The van der Waals surface area contributed by atoms with E-state index in [2.05, 4.69) is 39.8 Å². The van der Waals surface area contributed by atoms with Gasteiger partial charge in [0.05, 0.1) is 15.9 Å². The lowest BCUT2D eigenvalue weighted by Crippen LogP contribution is -2.33. The topological polar surface area (TPSA) is 21.1 Å². The van der Waals surface area contributed by atoms with Crippen LogP contribution in [0.25, 0.3) is 0 Å². The summed E-state index contributed by atoms with van der Waals surface area (Å²) < 4.78 is 3.18. The summed E-state index contributed by atoms with van der Waals surface area (Å²) in [7, 11) is 2.03. The maximum absolute atomic E-state index is 4.45. The van der Waals surface area contributed by atoms with Gasteiger partial charge in [-0.2, -0.15) is 5.10 Å². The molecule has 1 saturated heterocycles. The van der Waals surface area contributed by atoms with Crippen LogP contribution in [0.2, 0.25) is 0 Å². The molecule has 17 heavy (non-hydrogen) atoms. The Labute approximate surface area is 112 Å². The van der Waals surface area contributed by atoms with E-state index in [0.29, 0.717) is 0 Å². The van der Waals surface area contributed by atoms with Gasteiger partial charge < -0.3 is 0 Å². The Morgan fingerprint density at radius 1 is 1.35 bits per heavy atom. The van der Waals surface area contributed by atoms with Gasteiger partial charge in [0.25, 0.3) is 0 Å². The van der Waals surface area contributed by atoms with Crippen LogP contribution >= 0.6 is 15.9 Å². The average Bonchev–Trinajstić information content (AvgIpc) is 2.57. The highest BCUT2D eigenvalue weighted by molar-refractivity contribution is 9.10. The van der Waals surface area contributed by atoms with Gasteiger partial charge in [0.15, 0.2) is 0 Å². The minimum absolute atomic E-state index is 0.947. The fourth-order valence-corrected chi connectivity index (χ4v) is 3.08. The molecule has 0 saturated carbocycles. The second-order valence-corrected chi connectivity index (χ2v) is 5.89.